The van der Waals surface area contributed by atoms with Gasteiger partial charge in [-0.1, -0.05) is 55.9 Å². The number of nitrogens with zero attached hydrogens (tertiary/aromatic N) is 2. The smallest absolute Gasteiger partial charge is 0.220 e. The Bertz CT molecular complexity index is 628. The first kappa shape index (κ1) is 18.5. The number of ether oxygens (including phenoxy) is 2. The first-order valence-electron chi connectivity index (χ1n) is 7.77. The van der Waals surface area contributed by atoms with Gasteiger partial charge in [0.25, 0.3) is 0 Å². The van der Waals surface area contributed by atoms with Gasteiger partial charge >= 0.3 is 0 Å². The number of aliphatic hydroxyl groups excluding tert-OH is 1. The van der Waals surface area contributed by atoms with E-state index in [4.69, 9.17) is 9.47 Å². The molecule has 0 fully saturated rings. The topological polar surface area (TPSA) is 64.5 Å². The monoisotopic (exact) mass is 348 g/mol. The van der Waals surface area contributed by atoms with Crippen LogP contribution in [-0.2, 0) is 6.42 Å². The molecule has 1 aromatic heterocycles. The highest BCUT2D eigenvalue weighted by Crippen LogP contribution is 2.37. The van der Waals surface area contributed by atoms with Gasteiger partial charge in [-0.25, -0.2) is 0 Å². The first-order chi connectivity index (χ1) is 11.5. The molecule has 0 amide bonds. The number of thioether (sulfide) groups is 1. The van der Waals surface area contributed by atoms with Crippen molar-refractivity contribution in [2.45, 2.75) is 30.7 Å². The van der Waals surface area contributed by atoms with Crippen LogP contribution in [0.25, 0.3) is 0 Å². The third-order valence-electron chi connectivity index (χ3n) is 3.86. The van der Waals surface area contributed by atoms with Crippen LogP contribution < -0.4 is 9.47 Å². The quantitative estimate of drug-likeness (QED) is 0.584. The van der Waals surface area contributed by atoms with Gasteiger partial charge in [0.1, 0.15) is 0 Å². The largest absolute Gasteiger partial charge is 0.481 e. The predicted molar refractivity (Wildman–Crippen MR) is 95.8 cm³/mol. The van der Waals surface area contributed by atoms with Crippen LogP contribution in [-0.4, -0.2) is 41.2 Å². The van der Waals surface area contributed by atoms with E-state index in [1.807, 2.05) is 18.2 Å². The van der Waals surface area contributed by atoms with E-state index in [0.29, 0.717) is 16.9 Å². The Balaban J connectivity index is 2.18. The summed E-state index contributed by atoms with van der Waals surface area (Å²) >= 11 is 1.44. The molecule has 6 heteroatoms. The highest BCUT2D eigenvalue weighted by Gasteiger charge is 2.31. The van der Waals surface area contributed by atoms with Crippen molar-refractivity contribution in [1.82, 2.24) is 9.97 Å². The van der Waals surface area contributed by atoms with Crippen molar-refractivity contribution >= 4 is 11.8 Å². The molecule has 1 atom stereocenters. The summed E-state index contributed by atoms with van der Waals surface area (Å²) < 4.78 is 10.4. The van der Waals surface area contributed by atoms with Crippen molar-refractivity contribution < 1.29 is 14.6 Å². The average Bonchev–Trinajstić information content (AvgIpc) is 2.59. The molecule has 0 aliphatic heterocycles. The maximum absolute atomic E-state index is 9.92. The number of aliphatic hydroxyl groups is 1. The van der Waals surface area contributed by atoms with Crippen LogP contribution in [0, 0.1) is 5.41 Å². The van der Waals surface area contributed by atoms with E-state index in [1.54, 1.807) is 20.3 Å². The molecule has 1 heterocycles. The van der Waals surface area contributed by atoms with Crippen LogP contribution in [0.5, 0.6) is 11.8 Å². The summed E-state index contributed by atoms with van der Waals surface area (Å²) in [5, 5.41) is 10.4. The number of hydrogen-bond acceptors (Lipinski definition) is 6. The SMILES string of the molecule is COc1cc(OC)nc(SC(CO)C(C)(C)Cc2ccccc2)n1. The second-order valence-electron chi connectivity index (χ2n) is 6.18. The zero-order chi connectivity index (χ0) is 17.6. The summed E-state index contributed by atoms with van der Waals surface area (Å²) in [6, 6.07) is 11.9. The molecular weight excluding hydrogens is 324 g/mol. The van der Waals surface area contributed by atoms with Gasteiger partial charge in [0.2, 0.25) is 11.8 Å². The van der Waals surface area contributed by atoms with Gasteiger partial charge in [-0.05, 0) is 17.4 Å². The Labute approximate surface area is 147 Å². The minimum atomic E-state index is -0.138. The Hall–Kier alpha value is -1.79. The highest BCUT2D eigenvalue weighted by molar-refractivity contribution is 7.99. The lowest BCUT2D eigenvalue weighted by molar-refractivity contribution is 0.220. The molecule has 0 bridgehead atoms. The standard InChI is InChI=1S/C18H24N2O3S/c1-18(2,11-13-8-6-5-7-9-13)14(12-21)24-17-19-15(22-3)10-16(20-17)23-4/h5-10,14,21H,11-12H2,1-4H3. The van der Waals surface area contributed by atoms with Crippen LogP contribution in [0.15, 0.2) is 41.6 Å². The molecule has 0 aliphatic rings. The van der Waals surface area contributed by atoms with Crippen molar-refractivity contribution in [3.05, 3.63) is 42.0 Å². The van der Waals surface area contributed by atoms with E-state index in [-0.39, 0.29) is 17.3 Å². The van der Waals surface area contributed by atoms with E-state index in [0.717, 1.165) is 6.42 Å². The van der Waals surface area contributed by atoms with E-state index in [1.165, 1.54) is 17.3 Å². The fourth-order valence-corrected chi connectivity index (χ4v) is 3.47. The molecule has 1 N–H and O–H groups in total. The summed E-state index contributed by atoms with van der Waals surface area (Å²) in [5.41, 5.74) is 1.10. The zero-order valence-corrected chi connectivity index (χ0v) is 15.3. The fourth-order valence-electron chi connectivity index (χ4n) is 2.45. The summed E-state index contributed by atoms with van der Waals surface area (Å²) in [6.07, 6.45) is 0.854. The minimum absolute atomic E-state index is 0.0351. The second kappa shape index (κ2) is 8.35. The Morgan fingerprint density at radius 1 is 1.08 bits per heavy atom. The molecule has 0 spiro atoms. The third kappa shape index (κ3) is 4.85. The van der Waals surface area contributed by atoms with E-state index in [2.05, 4.69) is 35.9 Å². The van der Waals surface area contributed by atoms with Gasteiger partial charge in [-0.2, -0.15) is 9.97 Å². The number of methoxy groups -OCH3 is 2. The van der Waals surface area contributed by atoms with E-state index < -0.39 is 0 Å². The molecule has 1 unspecified atom stereocenters. The lowest BCUT2D eigenvalue weighted by Crippen LogP contribution is -2.32. The van der Waals surface area contributed by atoms with Crippen molar-refractivity contribution in [3.8, 4) is 11.8 Å². The number of hydrogen-bond donors (Lipinski definition) is 1. The van der Waals surface area contributed by atoms with Gasteiger partial charge in [-0.3, -0.25) is 0 Å². The van der Waals surface area contributed by atoms with Gasteiger partial charge in [0.15, 0.2) is 5.16 Å². The minimum Gasteiger partial charge on any atom is -0.481 e. The zero-order valence-electron chi connectivity index (χ0n) is 14.5. The number of aromatic nitrogens is 2. The predicted octanol–water partition coefficient (Wildman–Crippen LogP) is 3.22. The summed E-state index contributed by atoms with van der Waals surface area (Å²) in [6.45, 7) is 4.32. The number of rotatable bonds is 8. The summed E-state index contributed by atoms with van der Waals surface area (Å²) in [5.74, 6) is 0.892. The van der Waals surface area contributed by atoms with Crippen LogP contribution in [0.2, 0.25) is 0 Å². The number of benzene rings is 1. The molecule has 2 rings (SSSR count). The van der Waals surface area contributed by atoms with E-state index >= 15 is 0 Å². The molecule has 1 aromatic carbocycles. The van der Waals surface area contributed by atoms with Crippen LogP contribution in [0.1, 0.15) is 19.4 Å². The van der Waals surface area contributed by atoms with E-state index in [9.17, 15) is 5.11 Å². The Kier molecular flexibility index (Phi) is 6.45. The average molecular weight is 348 g/mol. The molecular formula is C18H24N2O3S. The van der Waals surface area contributed by atoms with Crippen LogP contribution in [0.3, 0.4) is 0 Å². The second-order valence-corrected chi connectivity index (χ2v) is 7.35. The van der Waals surface area contributed by atoms with Gasteiger partial charge < -0.3 is 14.6 Å². The van der Waals surface area contributed by atoms with Gasteiger partial charge in [0.05, 0.1) is 26.9 Å². The van der Waals surface area contributed by atoms with Crippen molar-refractivity contribution in [2.24, 2.45) is 5.41 Å². The Morgan fingerprint density at radius 2 is 1.67 bits per heavy atom. The molecule has 0 saturated carbocycles. The molecule has 2 aromatic rings. The first-order valence-corrected chi connectivity index (χ1v) is 8.65. The molecule has 24 heavy (non-hydrogen) atoms. The van der Waals surface area contributed by atoms with Crippen molar-refractivity contribution in [1.29, 1.82) is 0 Å². The normalized spacial score (nSPS) is 12.7. The molecule has 130 valence electrons. The molecule has 5 nitrogen and oxygen atoms in total. The van der Waals surface area contributed by atoms with Crippen LogP contribution in [0.4, 0.5) is 0 Å². The van der Waals surface area contributed by atoms with Gasteiger partial charge in [-0.15, -0.1) is 0 Å². The molecule has 0 saturated heterocycles. The lowest BCUT2D eigenvalue weighted by atomic mass is 9.82. The lowest BCUT2D eigenvalue weighted by Gasteiger charge is -2.32. The molecule has 0 radical (unpaired) electrons. The fraction of sp³-hybridized carbons (Fsp3) is 0.444. The van der Waals surface area contributed by atoms with Crippen molar-refractivity contribution in [3.63, 3.8) is 0 Å². The van der Waals surface area contributed by atoms with Gasteiger partial charge in [0, 0.05) is 5.25 Å². The van der Waals surface area contributed by atoms with Crippen molar-refractivity contribution in [2.75, 3.05) is 20.8 Å². The van der Waals surface area contributed by atoms with Crippen LogP contribution >= 0.6 is 11.8 Å². The summed E-state index contributed by atoms with van der Waals surface area (Å²) in [4.78, 5) is 8.69. The maximum atomic E-state index is 9.92. The Morgan fingerprint density at radius 3 is 2.17 bits per heavy atom. The third-order valence-corrected chi connectivity index (χ3v) is 5.33. The maximum Gasteiger partial charge on any atom is 0.220 e. The summed E-state index contributed by atoms with van der Waals surface area (Å²) in [7, 11) is 3.11. The molecule has 0 aliphatic carbocycles. The highest BCUT2D eigenvalue weighted by atomic mass is 32.2.